The van der Waals surface area contributed by atoms with Crippen molar-refractivity contribution in [1.82, 2.24) is 20.5 Å². The van der Waals surface area contributed by atoms with Crippen molar-refractivity contribution in [3.63, 3.8) is 0 Å². The van der Waals surface area contributed by atoms with E-state index in [0.717, 1.165) is 30.3 Å². The Bertz CT molecular complexity index is 917. The Kier molecular flexibility index (Phi) is 9.38. The quantitative estimate of drug-likeness (QED) is 0.264. The monoisotopic (exact) mass is 523 g/mol. The number of aromatic nitrogens is 1. The molecule has 0 aliphatic heterocycles. The van der Waals surface area contributed by atoms with Crippen LogP contribution in [-0.2, 0) is 26.2 Å². The number of benzene rings is 1. The topological polar surface area (TPSA) is 78.8 Å². The van der Waals surface area contributed by atoms with Crippen LogP contribution in [0, 0.1) is 13.8 Å². The summed E-state index contributed by atoms with van der Waals surface area (Å²) < 4.78 is 11.1. The van der Waals surface area contributed by atoms with Crippen LogP contribution in [0.5, 0.6) is 0 Å². The molecule has 162 valence electrons. The molecule has 0 atom stereocenters. The number of halogens is 1. The molecule has 8 heteroatoms. The molecule has 2 heterocycles. The van der Waals surface area contributed by atoms with Crippen molar-refractivity contribution in [2.45, 2.75) is 40.0 Å². The Balaban J connectivity index is 0.00000320. The van der Waals surface area contributed by atoms with Gasteiger partial charge in [0.1, 0.15) is 11.5 Å². The second-order valence-electron chi connectivity index (χ2n) is 7.05. The van der Waals surface area contributed by atoms with Crippen LogP contribution in [0.25, 0.3) is 0 Å². The number of furan rings is 1. The molecular weight excluding hydrogens is 493 g/mol. The van der Waals surface area contributed by atoms with Gasteiger partial charge in [-0.25, -0.2) is 4.98 Å². The number of oxazole rings is 1. The third kappa shape index (κ3) is 6.88. The van der Waals surface area contributed by atoms with E-state index in [1.165, 1.54) is 11.1 Å². The molecular formula is C22H30IN5O2. The van der Waals surface area contributed by atoms with Gasteiger partial charge in [-0.3, -0.25) is 9.89 Å². The van der Waals surface area contributed by atoms with E-state index in [9.17, 15) is 0 Å². The van der Waals surface area contributed by atoms with Crippen molar-refractivity contribution in [2.24, 2.45) is 4.99 Å². The minimum absolute atomic E-state index is 0. The van der Waals surface area contributed by atoms with Crippen LogP contribution < -0.4 is 10.6 Å². The van der Waals surface area contributed by atoms with Crippen LogP contribution in [-0.4, -0.2) is 29.9 Å². The first-order chi connectivity index (χ1) is 14.0. The van der Waals surface area contributed by atoms with E-state index < -0.39 is 0 Å². The van der Waals surface area contributed by atoms with Crippen LogP contribution in [0.4, 0.5) is 0 Å². The van der Waals surface area contributed by atoms with Gasteiger partial charge in [-0.15, -0.1) is 24.0 Å². The van der Waals surface area contributed by atoms with Crippen molar-refractivity contribution >= 4 is 29.9 Å². The lowest BCUT2D eigenvalue weighted by Gasteiger charge is -2.18. The van der Waals surface area contributed by atoms with Gasteiger partial charge in [0, 0.05) is 20.1 Å². The van der Waals surface area contributed by atoms with Gasteiger partial charge in [0.15, 0.2) is 5.96 Å². The number of rotatable bonds is 8. The molecule has 30 heavy (non-hydrogen) atoms. The average Bonchev–Trinajstić information content (AvgIpc) is 3.32. The molecule has 0 saturated heterocycles. The minimum Gasteiger partial charge on any atom is -0.468 e. The Labute approximate surface area is 195 Å². The van der Waals surface area contributed by atoms with Crippen LogP contribution >= 0.6 is 24.0 Å². The normalized spacial score (nSPS) is 11.4. The predicted octanol–water partition coefficient (Wildman–Crippen LogP) is 4.00. The number of guanidine groups is 1. The summed E-state index contributed by atoms with van der Waals surface area (Å²) in [6.07, 6.45) is 1.71. The smallest absolute Gasteiger partial charge is 0.214 e. The second kappa shape index (κ2) is 11.8. The van der Waals surface area contributed by atoms with E-state index >= 15 is 0 Å². The lowest BCUT2D eigenvalue weighted by Crippen LogP contribution is -2.36. The van der Waals surface area contributed by atoms with Gasteiger partial charge in [0.2, 0.25) is 5.89 Å². The van der Waals surface area contributed by atoms with Gasteiger partial charge in [-0.1, -0.05) is 24.3 Å². The molecule has 0 aliphatic carbocycles. The zero-order valence-corrected chi connectivity index (χ0v) is 20.3. The van der Waals surface area contributed by atoms with Gasteiger partial charge >= 0.3 is 0 Å². The van der Waals surface area contributed by atoms with Crippen molar-refractivity contribution < 1.29 is 8.83 Å². The summed E-state index contributed by atoms with van der Waals surface area (Å²) in [7, 11) is 3.85. The maximum Gasteiger partial charge on any atom is 0.214 e. The number of hydrogen-bond donors (Lipinski definition) is 2. The zero-order valence-electron chi connectivity index (χ0n) is 17.9. The molecule has 0 spiro atoms. The Hall–Kier alpha value is -2.33. The fourth-order valence-electron chi connectivity index (χ4n) is 3.07. The molecule has 7 nitrogen and oxygen atoms in total. The molecule has 0 radical (unpaired) electrons. The minimum atomic E-state index is 0. The third-order valence-electron chi connectivity index (χ3n) is 4.71. The number of hydrogen-bond acceptors (Lipinski definition) is 5. The van der Waals surface area contributed by atoms with Gasteiger partial charge in [-0.05, 0) is 44.2 Å². The largest absolute Gasteiger partial charge is 0.468 e. The highest BCUT2D eigenvalue weighted by atomic mass is 127. The number of aliphatic imine (C=N–C) groups is 1. The van der Waals surface area contributed by atoms with E-state index in [0.29, 0.717) is 24.9 Å². The average molecular weight is 523 g/mol. The van der Waals surface area contributed by atoms with E-state index in [-0.39, 0.29) is 24.0 Å². The SMILES string of the molecule is CN=C(NCc1nc(C)c(C)o1)NCc1ccccc1CN(C)Cc1ccco1.I. The van der Waals surface area contributed by atoms with E-state index in [1.807, 2.05) is 26.0 Å². The summed E-state index contributed by atoms with van der Waals surface area (Å²) in [4.78, 5) is 10.9. The number of aryl methyl sites for hydroxylation is 2. The van der Waals surface area contributed by atoms with E-state index in [2.05, 4.69) is 56.8 Å². The third-order valence-corrected chi connectivity index (χ3v) is 4.71. The Morgan fingerprint density at radius 1 is 1.03 bits per heavy atom. The van der Waals surface area contributed by atoms with Crippen LogP contribution in [0.15, 0.2) is 56.5 Å². The standard InChI is InChI=1S/C22H29N5O2.HI/c1-16-17(2)29-21(26-16)13-25-22(23-3)24-12-18-8-5-6-9-19(18)14-27(4)15-20-10-7-11-28-20;/h5-11H,12-15H2,1-4H3,(H2,23,24,25);1H. The van der Waals surface area contributed by atoms with Gasteiger partial charge < -0.3 is 19.5 Å². The first kappa shape index (κ1) is 23.9. The van der Waals surface area contributed by atoms with Crippen molar-refractivity contribution in [3.05, 3.63) is 76.9 Å². The molecule has 3 aromatic rings. The summed E-state index contributed by atoms with van der Waals surface area (Å²) in [5, 5.41) is 6.62. The van der Waals surface area contributed by atoms with Gasteiger partial charge in [-0.2, -0.15) is 0 Å². The molecule has 0 unspecified atom stereocenters. The summed E-state index contributed by atoms with van der Waals surface area (Å²) in [6, 6.07) is 12.3. The van der Waals surface area contributed by atoms with E-state index in [4.69, 9.17) is 8.83 Å². The summed E-state index contributed by atoms with van der Waals surface area (Å²) in [5.74, 6) is 3.17. The molecule has 0 saturated carbocycles. The molecule has 2 aromatic heterocycles. The first-order valence-corrected chi connectivity index (χ1v) is 9.70. The molecule has 2 N–H and O–H groups in total. The first-order valence-electron chi connectivity index (χ1n) is 9.70. The van der Waals surface area contributed by atoms with Gasteiger partial charge in [0.05, 0.1) is 25.0 Å². The molecule has 0 amide bonds. The van der Waals surface area contributed by atoms with Crippen molar-refractivity contribution in [2.75, 3.05) is 14.1 Å². The summed E-state index contributed by atoms with van der Waals surface area (Å²) in [5.41, 5.74) is 3.41. The molecule has 3 rings (SSSR count). The predicted molar refractivity (Wildman–Crippen MR) is 129 cm³/mol. The number of nitrogens with one attached hydrogen (secondary N) is 2. The van der Waals surface area contributed by atoms with Crippen LogP contribution in [0.1, 0.15) is 34.2 Å². The Morgan fingerprint density at radius 3 is 2.40 bits per heavy atom. The highest BCUT2D eigenvalue weighted by Crippen LogP contribution is 2.13. The summed E-state index contributed by atoms with van der Waals surface area (Å²) >= 11 is 0. The van der Waals surface area contributed by atoms with Crippen LogP contribution in [0.3, 0.4) is 0 Å². The molecule has 0 fully saturated rings. The zero-order chi connectivity index (χ0) is 20.6. The van der Waals surface area contributed by atoms with Crippen molar-refractivity contribution in [3.8, 4) is 0 Å². The molecule has 0 aliphatic rings. The fourth-order valence-corrected chi connectivity index (χ4v) is 3.07. The maximum absolute atomic E-state index is 5.61. The second-order valence-corrected chi connectivity index (χ2v) is 7.05. The molecule has 1 aromatic carbocycles. The summed E-state index contributed by atoms with van der Waals surface area (Å²) in [6.45, 7) is 6.62. The van der Waals surface area contributed by atoms with Crippen molar-refractivity contribution in [1.29, 1.82) is 0 Å². The molecule has 0 bridgehead atoms. The Morgan fingerprint density at radius 2 is 1.77 bits per heavy atom. The van der Waals surface area contributed by atoms with E-state index in [1.54, 1.807) is 13.3 Å². The highest BCUT2D eigenvalue weighted by molar-refractivity contribution is 14.0. The lowest BCUT2D eigenvalue weighted by molar-refractivity contribution is 0.287. The van der Waals surface area contributed by atoms with Crippen LogP contribution in [0.2, 0.25) is 0 Å². The van der Waals surface area contributed by atoms with Gasteiger partial charge in [0.25, 0.3) is 0 Å². The maximum atomic E-state index is 5.61. The lowest BCUT2D eigenvalue weighted by atomic mass is 10.1. The fraction of sp³-hybridized carbons (Fsp3) is 0.364. The highest BCUT2D eigenvalue weighted by Gasteiger charge is 2.09. The number of nitrogens with zero attached hydrogens (tertiary/aromatic N) is 3.